The molecule has 2 aromatic heterocycles. The second-order valence-electron chi connectivity index (χ2n) is 6.87. The molecule has 2 aliphatic rings. The molecule has 2 fully saturated rings. The monoisotopic (exact) mass is 414 g/mol. The first kappa shape index (κ1) is 21.2. The Hall–Kier alpha value is -2.53. The predicted molar refractivity (Wildman–Crippen MR) is 92.6 cm³/mol. The van der Waals surface area contributed by atoms with Gasteiger partial charge < -0.3 is 14.4 Å². The molecule has 158 valence electrons. The lowest BCUT2D eigenvalue weighted by atomic mass is 9.99. The number of carbonyl (C=O) groups is 1. The minimum Gasteiger partial charge on any atom is -0.475 e. The highest BCUT2D eigenvalue weighted by molar-refractivity contribution is 5.73. The summed E-state index contributed by atoms with van der Waals surface area (Å²) in [5.41, 5.74) is 1.12. The molecule has 0 aliphatic carbocycles. The topological polar surface area (TPSA) is 102 Å². The van der Waals surface area contributed by atoms with Crippen LogP contribution in [0.1, 0.15) is 42.8 Å². The zero-order valence-corrected chi connectivity index (χ0v) is 15.7. The standard InChI is InChI=1S/C16H20N4O2.C2HF3O2/c1-11-18-16(22-19-11)15-6-5-13-14(21-15)7-9-20(13)10-12-4-2-3-8-17-12;3-2(4,5)1(6)7/h2-4,8,13-15H,5-7,9-10H2,1H3;(H,6,7)/t13-,14-,15-;/m1./s1. The van der Waals surface area contributed by atoms with Gasteiger partial charge in [0.25, 0.3) is 5.89 Å². The lowest BCUT2D eigenvalue weighted by Crippen LogP contribution is -2.40. The number of hydrogen-bond donors (Lipinski definition) is 1. The number of halogens is 3. The molecule has 2 aliphatic heterocycles. The van der Waals surface area contributed by atoms with Crippen LogP contribution in [0.4, 0.5) is 13.2 Å². The lowest BCUT2D eigenvalue weighted by Gasteiger charge is -2.34. The number of carboxylic acid groups (broad SMARTS) is 1. The normalized spacial score (nSPS) is 24.5. The van der Waals surface area contributed by atoms with Gasteiger partial charge in [0.2, 0.25) is 0 Å². The van der Waals surface area contributed by atoms with E-state index in [-0.39, 0.29) is 12.2 Å². The number of ether oxygens (including phenoxy) is 1. The molecule has 0 spiro atoms. The van der Waals surface area contributed by atoms with Crippen molar-refractivity contribution in [2.75, 3.05) is 6.54 Å². The average Bonchev–Trinajstić information content (AvgIpc) is 3.28. The van der Waals surface area contributed by atoms with Gasteiger partial charge in [0.05, 0.1) is 11.8 Å². The van der Waals surface area contributed by atoms with E-state index in [9.17, 15) is 13.2 Å². The Morgan fingerprint density at radius 3 is 2.66 bits per heavy atom. The van der Waals surface area contributed by atoms with Crippen molar-refractivity contribution < 1.29 is 32.3 Å². The smallest absolute Gasteiger partial charge is 0.475 e. The Kier molecular flexibility index (Phi) is 6.48. The number of rotatable bonds is 3. The van der Waals surface area contributed by atoms with Gasteiger partial charge in [0.1, 0.15) is 6.10 Å². The summed E-state index contributed by atoms with van der Waals surface area (Å²) in [6, 6.07) is 6.56. The zero-order valence-electron chi connectivity index (χ0n) is 15.7. The molecule has 29 heavy (non-hydrogen) atoms. The van der Waals surface area contributed by atoms with Gasteiger partial charge in [-0.25, -0.2) is 4.79 Å². The van der Waals surface area contributed by atoms with Crippen LogP contribution in [0.2, 0.25) is 0 Å². The fourth-order valence-electron chi connectivity index (χ4n) is 3.54. The molecular weight excluding hydrogens is 393 g/mol. The number of carboxylic acids is 1. The lowest BCUT2D eigenvalue weighted by molar-refractivity contribution is -0.192. The number of pyridine rings is 1. The van der Waals surface area contributed by atoms with Crippen molar-refractivity contribution in [3.63, 3.8) is 0 Å². The van der Waals surface area contributed by atoms with Gasteiger partial charge in [-0.1, -0.05) is 11.2 Å². The van der Waals surface area contributed by atoms with Crippen LogP contribution in [-0.2, 0) is 16.1 Å². The number of aliphatic carboxylic acids is 1. The molecular formula is C18H21F3N4O4. The Morgan fingerprint density at radius 1 is 1.31 bits per heavy atom. The van der Waals surface area contributed by atoms with Crippen LogP contribution in [0.3, 0.4) is 0 Å². The van der Waals surface area contributed by atoms with E-state index in [1.165, 1.54) is 0 Å². The number of likely N-dealkylation sites (tertiary alicyclic amines) is 1. The Balaban J connectivity index is 0.000000298. The summed E-state index contributed by atoms with van der Waals surface area (Å²) in [5.74, 6) is -1.46. The first-order chi connectivity index (χ1) is 13.7. The molecule has 0 unspecified atom stereocenters. The van der Waals surface area contributed by atoms with E-state index in [0.29, 0.717) is 17.8 Å². The van der Waals surface area contributed by atoms with Crippen molar-refractivity contribution >= 4 is 5.97 Å². The van der Waals surface area contributed by atoms with E-state index in [1.807, 2.05) is 25.3 Å². The molecule has 8 nitrogen and oxygen atoms in total. The van der Waals surface area contributed by atoms with Crippen LogP contribution in [0.15, 0.2) is 28.9 Å². The second-order valence-corrected chi connectivity index (χ2v) is 6.87. The molecule has 2 aromatic rings. The maximum Gasteiger partial charge on any atom is 0.490 e. The Labute approximate surface area is 164 Å². The third kappa shape index (κ3) is 5.51. The average molecular weight is 414 g/mol. The number of alkyl halides is 3. The maximum absolute atomic E-state index is 10.6. The summed E-state index contributed by atoms with van der Waals surface area (Å²) in [6.45, 7) is 3.79. The Bertz CT molecular complexity index is 815. The molecule has 3 atom stereocenters. The second kappa shape index (κ2) is 8.87. The predicted octanol–water partition coefficient (Wildman–Crippen LogP) is 2.90. The van der Waals surface area contributed by atoms with Crippen LogP contribution >= 0.6 is 0 Å². The maximum atomic E-state index is 10.6. The highest BCUT2D eigenvalue weighted by atomic mass is 19.4. The summed E-state index contributed by atoms with van der Waals surface area (Å²) in [4.78, 5) is 20.1. The fraction of sp³-hybridized carbons (Fsp3) is 0.556. The quantitative estimate of drug-likeness (QED) is 0.818. The van der Waals surface area contributed by atoms with Gasteiger partial charge in [-0.05, 0) is 38.3 Å². The fourth-order valence-corrected chi connectivity index (χ4v) is 3.54. The Morgan fingerprint density at radius 2 is 2.07 bits per heavy atom. The van der Waals surface area contributed by atoms with Crippen LogP contribution < -0.4 is 0 Å². The first-order valence-corrected chi connectivity index (χ1v) is 9.14. The molecule has 1 N–H and O–H groups in total. The van der Waals surface area contributed by atoms with Gasteiger partial charge in [-0.2, -0.15) is 18.2 Å². The van der Waals surface area contributed by atoms with Crippen molar-refractivity contribution in [2.45, 2.75) is 57.2 Å². The van der Waals surface area contributed by atoms with E-state index in [2.05, 4.69) is 26.1 Å². The summed E-state index contributed by atoms with van der Waals surface area (Å²) in [6.07, 6.45) is 0.0763. The first-order valence-electron chi connectivity index (χ1n) is 9.14. The molecule has 4 rings (SSSR count). The molecule has 0 aromatic carbocycles. The minimum atomic E-state index is -5.08. The number of aromatic nitrogens is 3. The van der Waals surface area contributed by atoms with E-state index < -0.39 is 12.1 Å². The van der Waals surface area contributed by atoms with Gasteiger partial charge in [0.15, 0.2) is 5.82 Å². The van der Waals surface area contributed by atoms with Crippen molar-refractivity contribution in [2.24, 2.45) is 0 Å². The van der Waals surface area contributed by atoms with Gasteiger partial charge in [0, 0.05) is 25.3 Å². The summed E-state index contributed by atoms with van der Waals surface area (Å²) >= 11 is 0. The molecule has 0 saturated carbocycles. The molecule has 4 heterocycles. The third-order valence-corrected chi connectivity index (χ3v) is 4.82. The highest BCUT2D eigenvalue weighted by Crippen LogP contribution is 2.37. The highest BCUT2D eigenvalue weighted by Gasteiger charge is 2.41. The van der Waals surface area contributed by atoms with Gasteiger partial charge in [-0.15, -0.1) is 0 Å². The molecule has 11 heteroatoms. The van der Waals surface area contributed by atoms with Crippen molar-refractivity contribution in [3.8, 4) is 0 Å². The van der Waals surface area contributed by atoms with Crippen LogP contribution in [0, 0.1) is 6.92 Å². The number of hydrogen-bond acceptors (Lipinski definition) is 7. The molecule has 2 saturated heterocycles. The van der Waals surface area contributed by atoms with Gasteiger partial charge in [-0.3, -0.25) is 9.88 Å². The molecule has 0 radical (unpaired) electrons. The van der Waals surface area contributed by atoms with Crippen molar-refractivity contribution in [1.82, 2.24) is 20.0 Å². The number of nitrogens with zero attached hydrogens (tertiary/aromatic N) is 4. The minimum absolute atomic E-state index is 0.0442. The van der Waals surface area contributed by atoms with Crippen LogP contribution in [-0.4, -0.2) is 56.0 Å². The summed E-state index contributed by atoms with van der Waals surface area (Å²) < 4.78 is 43.2. The van der Waals surface area contributed by atoms with E-state index in [1.54, 1.807) is 0 Å². The van der Waals surface area contributed by atoms with E-state index >= 15 is 0 Å². The SMILES string of the molecule is Cc1noc([C@H]2CC[C@@H]3[C@@H](CCN3Cc3ccccn3)O2)n1.O=C(O)C(F)(F)F. The number of fused-ring (bicyclic) bond motifs is 1. The van der Waals surface area contributed by atoms with Gasteiger partial charge >= 0.3 is 12.1 Å². The van der Waals surface area contributed by atoms with Crippen molar-refractivity contribution in [3.05, 3.63) is 41.8 Å². The molecule has 0 amide bonds. The number of aryl methyl sites for hydroxylation is 1. The zero-order chi connectivity index (χ0) is 21.0. The van der Waals surface area contributed by atoms with Crippen molar-refractivity contribution in [1.29, 1.82) is 0 Å². The summed E-state index contributed by atoms with van der Waals surface area (Å²) in [5, 5.41) is 11.0. The van der Waals surface area contributed by atoms with E-state index in [0.717, 1.165) is 38.0 Å². The largest absolute Gasteiger partial charge is 0.490 e. The summed E-state index contributed by atoms with van der Waals surface area (Å²) in [7, 11) is 0. The third-order valence-electron chi connectivity index (χ3n) is 4.82. The van der Waals surface area contributed by atoms with E-state index in [4.69, 9.17) is 19.2 Å². The van der Waals surface area contributed by atoms with Crippen LogP contribution in [0.5, 0.6) is 0 Å². The molecule has 0 bridgehead atoms. The van der Waals surface area contributed by atoms with Crippen LogP contribution in [0.25, 0.3) is 0 Å².